The molecule has 2 heterocycles. The monoisotopic (exact) mass is 442 g/mol. The summed E-state index contributed by atoms with van der Waals surface area (Å²) in [5.74, 6) is 0.0831. The Hall–Kier alpha value is -2.88. The molecule has 0 N–H and O–H groups in total. The Kier molecular flexibility index (Phi) is 5.99. The first-order valence-corrected chi connectivity index (χ1v) is 11.3. The third-order valence-electron chi connectivity index (χ3n) is 5.06. The highest BCUT2D eigenvalue weighted by molar-refractivity contribution is 7.89. The lowest BCUT2D eigenvalue weighted by atomic mass is 10.0. The molecule has 1 saturated heterocycles. The minimum absolute atomic E-state index is 0.101. The number of benzene rings is 2. The molecule has 1 fully saturated rings. The van der Waals surface area contributed by atoms with Gasteiger partial charge in [-0.3, -0.25) is 0 Å². The summed E-state index contributed by atoms with van der Waals surface area (Å²) in [5.41, 5.74) is 1.73. The van der Waals surface area contributed by atoms with Gasteiger partial charge < -0.3 is 9.64 Å². The second kappa shape index (κ2) is 8.70. The number of hydrogen-bond donors (Lipinski definition) is 0. The fraction of sp³-hybridized carbons (Fsp3) is 0.273. The van der Waals surface area contributed by atoms with Crippen molar-refractivity contribution >= 4 is 16.0 Å². The maximum absolute atomic E-state index is 13.9. The van der Waals surface area contributed by atoms with Crippen molar-refractivity contribution in [2.75, 3.05) is 38.7 Å². The predicted octanol–water partition coefficient (Wildman–Crippen LogP) is 3.11. The summed E-state index contributed by atoms with van der Waals surface area (Å²) < 4.78 is 47.5. The predicted molar refractivity (Wildman–Crippen MR) is 116 cm³/mol. The Morgan fingerprint density at radius 2 is 1.90 bits per heavy atom. The van der Waals surface area contributed by atoms with Crippen molar-refractivity contribution in [2.24, 2.45) is 0 Å². The van der Waals surface area contributed by atoms with E-state index in [2.05, 4.69) is 9.97 Å². The summed E-state index contributed by atoms with van der Waals surface area (Å²) in [6.45, 7) is 0.568. The molecule has 1 aromatic heterocycles. The van der Waals surface area contributed by atoms with Gasteiger partial charge in [0, 0.05) is 38.9 Å². The quantitative estimate of drug-likeness (QED) is 0.604. The highest BCUT2D eigenvalue weighted by Crippen LogP contribution is 2.33. The van der Waals surface area contributed by atoms with Gasteiger partial charge in [0.05, 0.1) is 17.2 Å². The second-order valence-corrected chi connectivity index (χ2v) is 9.35. The zero-order valence-corrected chi connectivity index (χ0v) is 18.1. The summed E-state index contributed by atoms with van der Waals surface area (Å²) in [7, 11) is -0.0454. The zero-order valence-electron chi connectivity index (χ0n) is 17.3. The molecule has 4 rings (SSSR count). The maximum atomic E-state index is 13.9. The second-order valence-electron chi connectivity index (χ2n) is 7.41. The van der Waals surface area contributed by atoms with Crippen LogP contribution in [0.15, 0.2) is 65.7 Å². The third-order valence-corrected chi connectivity index (χ3v) is 6.94. The molecule has 1 aliphatic heterocycles. The fourth-order valence-corrected chi connectivity index (χ4v) is 4.92. The van der Waals surface area contributed by atoms with Crippen molar-refractivity contribution in [3.05, 3.63) is 72.3 Å². The fourth-order valence-electron chi connectivity index (χ4n) is 3.48. The average molecular weight is 443 g/mol. The van der Waals surface area contributed by atoms with Crippen LogP contribution >= 0.6 is 0 Å². The van der Waals surface area contributed by atoms with E-state index in [4.69, 9.17) is 4.74 Å². The van der Waals surface area contributed by atoms with Crippen molar-refractivity contribution in [3.63, 3.8) is 0 Å². The third kappa shape index (κ3) is 4.43. The van der Waals surface area contributed by atoms with Crippen molar-refractivity contribution < 1.29 is 17.5 Å². The van der Waals surface area contributed by atoms with Gasteiger partial charge in [0.25, 0.3) is 0 Å². The molecule has 9 heteroatoms. The van der Waals surface area contributed by atoms with E-state index in [9.17, 15) is 12.8 Å². The van der Waals surface area contributed by atoms with Crippen LogP contribution in [0.3, 0.4) is 0 Å². The lowest BCUT2D eigenvalue weighted by Crippen LogP contribution is -2.42. The van der Waals surface area contributed by atoms with Gasteiger partial charge in [-0.05, 0) is 29.8 Å². The molecule has 7 nitrogen and oxygen atoms in total. The molecule has 0 spiro atoms. The van der Waals surface area contributed by atoms with Gasteiger partial charge in [0.15, 0.2) is 0 Å². The Bertz CT molecular complexity index is 1170. The van der Waals surface area contributed by atoms with Gasteiger partial charge in [0.2, 0.25) is 16.0 Å². The van der Waals surface area contributed by atoms with Crippen LogP contribution in [0.5, 0.6) is 0 Å². The Balaban J connectivity index is 1.73. The zero-order chi connectivity index (χ0) is 22.0. The average Bonchev–Trinajstić information content (AvgIpc) is 2.79. The molecule has 0 bridgehead atoms. The van der Waals surface area contributed by atoms with Crippen molar-refractivity contribution in [3.8, 4) is 11.1 Å². The molecule has 1 aliphatic rings. The topological polar surface area (TPSA) is 75.6 Å². The minimum atomic E-state index is -3.67. The van der Waals surface area contributed by atoms with Gasteiger partial charge in [0.1, 0.15) is 11.9 Å². The van der Waals surface area contributed by atoms with E-state index in [1.807, 2.05) is 14.1 Å². The molecule has 1 unspecified atom stereocenters. The molecule has 162 valence electrons. The summed E-state index contributed by atoms with van der Waals surface area (Å²) in [4.78, 5) is 11.0. The normalized spacial score (nSPS) is 17.5. The lowest BCUT2D eigenvalue weighted by Gasteiger charge is -2.33. The van der Waals surface area contributed by atoms with Crippen LogP contribution in [0.2, 0.25) is 0 Å². The van der Waals surface area contributed by atoms with Gasteiger partial charge in [-0.2, -0.15) is 4.31 Å². The van der Waals surface area contributed by atoms with Crippen LogP contribution in [0, 0.1) is 5.82 Å². The summed E-state index contributed by atoms with van der Waals surface area (Å²) >= 11 is 0. The SMILES string of the molecule is CN(C)c1ncc(-c2cccc(F)c2)c(C2CN(S(=O)(=O)c3ccccc3)CCO2)n1. The molecule has 0 radical (unpaired) electrons. The van der Waals surface area contributed by atoms with Crippen LogP contribution in [-0.2, 0) is 14.8 Å². The number of nitrogens with zero attached hydrogens (tertiary/aromatic N) is 4. The van der Waals surface area contributed by atoms with Crippen LogP contribution in [0.4, 0.5) is 10.3 Å². The van der Waals surface area contributed by atoms with Crippen LogP contribution in [0.25, 0.3) is 11.1 Å². The van der Waals surface area contributed by atoms with Crippen molar-refractivity contribution in [2.45, 2.75) is 11.0 Å². The molecule has 0 amide bonds. The van der Waals surface area contributed by atoms with Gasteiger partial charge in [-0.25, -0.2) is 22.8 Å². The molecular weight excluding hydrogens is 419 g/mol. The summed E-state index contributed by atoms with van der Waals surface area (Å²) in [5, 5.41) is 0. The first kappa shape index (κ1) is 21.4. The Morgan fingerprint density at radius 3 is 2.61 bits per heavy atom. The van der Waals surface area contributed by atoms with Crippen molar-refractivity contribution in [1.29, 1.82) is 0 Å². The number of sulfonamides is 1. The standard InChI is InChI=1S/C22H23FN4O3S/c1-26(2)22-24-14-19(16-7-6-8-17(23)13-16)21(25-22)20-15-27(11-12-30-20)31(28,29)18-9-4-3-5-10-18/h3-10,13-14,20H,11-12,15H2,1-2H3. The highest BCUT2D eigenvalue weighted by atomic mass is 32.2. The molecule has 2 aromatic carbocycles. The molecule has 1 atom stereocenters. The van der Waals surface area contributed by atoms with E-state index in [1.54, 1.807) is 53.6 Å². The maximum Gasteiger partial charge on any atom is 0.243 e. The molecule has 3 aromatic rings. The van der Waals surface area contributed by atoms with E-state index >= 15 is 0 Å². The first-order valence-electron chi connectivity index (χ1n) is 9.83. The van der Waals surface area contributed by atoms with E-state index in [-0.39, 0.29) is 30.4 Å². The van der Waals surface area contributed by atoms with Crippen LogP contribution < -0.4 is 4.90 Å². The number of halogens is 1. The van der Waals surface area contributed by atoms with Crippen molar-refractivity contribution in [1.82, 2.24) is 14.3 Å². The minimum Gasteiger partial charge on any atom is -0.369 e. The number of aromatic nitrogens is 2. The number of ether oxygens (including phenoxy) is 1. The molecule has 0 aliphatic carbocycles. The summed E-state index contributed by atoms with van der Waals surface area (Å²) in [6, 6.07) is 14.5. The molecule has 31 heavy (non-hydrogen) atoms. The van der Waals surface area contributed by atoms with Crippen LogP contribution in [-0.4, -0.2) is 56.5 Å². The molecular formula is C22H23FN4O3S. The lowest BCUT2D eigenvalue weighted by molar-refractivity contribution is -0.00461. The van der Waals surface area contributed by atoms with Gasteiger partial charge >= 0.3 is 0 Å². The number of rotatable bonds is 5. The number of anilines is 1. The van der Waals surface area contributed by atoms with E-state index in [1.165, 1.54) is 16.4 Å². The largest absolute Gasteiger partial charge is 0.369 e. The number of hydrogen-bond acceptors (Lipinski definition) is 6. The molecule has 0 saturated carbocycles. The highest BCUT2D eigenvalue weighted by Gasteiger charge is 2.33. The Morgan fingerprint density at radius 1 is 1.13 bits per heavy atom. The van der Waals surface area contributed by atoms with E-state index in [0.717, 1.165) is 0 Å². The number of morpholine rings is 1. The van der Waals surface area contributed by atoms with Gasteiger partial charge in [-0.15, -0.1) is 0 Å². The first-order chi connectivity index (χ1) is 14.9. The van der Waals surface area contributed by atoms with Crippen LogP contribution in [0.1, 0.15) is 11.8 Å². The van der Waals surface area contributed by atoms with E-state index in [0.29, 0.717) is 22.8 Å². The Labute approximate surface area is 181 Å². The van der Waals surface area contributed by atoms with E-state index < -0.39 is 16.1 Å². The smallest absolute Gasteiger partial charge is 0.243 e. The summed E-state index contributed by atoms with van der Waals surface area (Å²) in [6.07, 6.45) is 1.01. The van der Waals surface area contributed by atoms with Gasteiger partial charge in [-0.1, -0.05) is 30.3 Å².